The number of hydrazine groups is 1. The summed E-state index contributed by atoms with van der Waals surface area (Å²) in [7, 11) is 0. The molecule has 2 N–H and O–H groups in total. The number of ether oxygens (including phenoxy) is 1. The van der Waals surface area contributed by atoms with Gasteiger partial charge in [0.1, 0.15) is 5.75 Å². The molecule has 0 bridgehead atoms. The van der Waals surface area contributed by atoms with Gasteiger partial charge >= 0.3 is 0 Å². The van der Waals surface area contributed by atoms with E-state index in [-0.39, 0.29) is 23.4 Å². The molecular weight excluding hydrogens is 338 g/mol. The van der Waals surface area contributed by atoms with Crippen LogP contribution >= 0.6 is 0 Å². The fourth-order valence-electron chi connectivity index (χ4n) is 2.25. The van der Waals surface area contributed by atoms with Crippen molar-refractivity contribution in [1.29, 1.82) is 0 Å². The lowest BCUT2D eigenvalue weighted by Gasteiger charge is -2.11. The van der Waals surface area contributed by atoms with Crippen molar-refractivity contribution < 1.29 is 19.2 Å². The van der Waals surface area contributed by atoms with E-state index in [1.54, 1.807) is 6.07 Å². The van der Waals surface area contributed by atoms with E-state index in [4.69, 9.17) is 4.74 Å². The van der Waals surface area contributed by atoms with E-state index in [1.807, 2.05) is 26.0 Å². The lowest BCUT2D eigenvalue weighted by atomic mass is 10.1. The van der Waals surface area contributed by atoms with Gasteiger partial charge in [0.05, 0.1) is 10.5 Å². The Morgan fingerprint density at radius 2 is 1.81 bits per heavy atom. The normalized spacial score (nSPS) is 10.1. The Morgan fingerprint density at radius 1 is 1.08 bits per heavy atom. The molecule has 0 saturated carbocycles. The summed E-state index contributed by atoms with van der Waals surface area (Å²) in [5.41, 5.74) is 6.75. The molecule has 0 fully saturated rings. The van der Waals surface area contributed by atoms with Gasteiger partial charge in [-0.1, -0.05) is 12.1 Å². The molecule has 2 rings (SSSR count). The standard InChI is InChI=1S/C18H19N3O5/c1-11-7-8-14(9-12(11)2)26-10-17(22)19-20-18(23)15-5-4-6-16(13(15)3)21(24)25/h4-9H,10H2,1-3H3,(H,19,22)(H,20,23). The number of carbonyl (C=O) groups excluding carboxylic acids is 2. The molecule has 0 atom stereocenters. The Kier molecular flexibility index (Phi) is 5.90. The van der Waals surface area contributed by atoms with Gasteiger partial charge in [0.2, 0.25) is 0 Å². The Hall–Kier alpha value is -3.42. The van der Waals surface area contributed by atoms with Crippen molar-refractivity contribution in [2.24, 2.45) is 0 Å². The van der Waals surface area contributed by atoms with Crippen molar-refractivity contribution in [2.45, 2.75) is 20.8 Å². The number of amides is 2. The smallest absolute Gasteiger partial charge is 0.276 e. The summed E-state index contributed by atoms with van der Waals surface area (Å²) in [4.78, 5) is 34.3. The van der Waals surface area contributed by atoms with Crippen molar-refractivity contribution >= 4 is 17.5 Å². The summed E-state index contributed by atoms with van der Waals surface area (Å²) in [6.07, 6.45) is 0. The van der Waals surface area contributed by atoms with E-state index in [2.05, 4.69) is 10.9 Å². The van der Waals surface area contributed by atoms with Crippen LogP contribution in [0.2, 0.25) is 0 Å². The molecule has 8 heteroatoms. The maximum atomic E-state index is 12.1. The van der Waals surface area contributed by atoms with Crippen LogP contribution in [0.1, 0.15) is 27.0 Å². The first-order chi connectivity index (χ1) is 12.3. The number of aryl methyl sites for hydroxylation is 2. The zero-order chi connectivity index (χ0) is 19.3. The van der Waals surface area contributed by atoms with Gasteiger partial charge in [0.15, 0.2) is 6.61 Å². The minimum Gasteiger partial charge on any atom is -0.484 e. The average molecular weight is 357 g/mol. The van der Waals surface area contributed by atoms with Gasteiger partial charge in [-0.2, -0.15) is 0 Å². The minimum absolute atomic E-state index is 0.106. The lowest BCUT2D eigenvalue weighted by molar-refractivity contribution is -0.385. The van der Waals surface area contributed by atoms with E-state index < -0.39 is 16.7 Å². The van der Waals surface area contributed by atoms with E-state index >= 15 is 0 Å². The van der Waals surface area contributed by atoms with Crippen LogP contribution in [0.5, 0.6) is 5.75 Å². The quantitative estimate of drug-likeness (QED) is 0.630. The monoisotopic (exact) mass is 357 g/mol. The molecule has 0 aromatic heterocycles. The van der Waals surface area contributed by atoms with Gasteiger partial charge in [-0.3, -0.25) is 30.6 Å². The summed E-state index contributed by atoms with van der Waals surface area (Å²) in [5, 5.41) is 10.9. The molecule has 8 nitrogen and oxygen atoms in total. The number of rotatable bonds is 5. The first-order valence-electron chi connectivity index (χ1n) is 7.83. The minimum atomic E-state index is -0.647. The van der Waals surface area contributed by atoms with E-state index in [0.29, 0.717) is 5.75 Å². The van der Waals surface area contributed by atoms with E-state index in [9.17, 15) is 19.7 Å². The Bertz CT molecular complexity index is 864. The number of nitrogens with zero attached hydrogens (tertiary/aromatic N) is 1. The highest BCUT2D eigenvalue weighted by molar-refractivity contribution is 5.97. The number of hydrogen-bond donors (Lipinski definition) is 2. The maximum Gasteiger partial charge on any atom is 0.276 e. The molecule has 26 heavy (non-hydrogen) atoms. The number of nitrogens with one attached hydrogen (secondary N) is 2. The summed E-state index contributed by atoms with van der Waals surface area (Å²) < 4.78 is 5.36. The Labute approximate surface area is 150 Å². The number of nitro groups is 1. The van der Waals surface area contributed by atoms with Crippen LogP contribution in [0.3, 0.4) is 0 Å². The zero-order valence-corrected chi connectivity index (χ0v) is 14.7. The number of hydrogen-bond acceptors (Lipinski definition) is 5. The molecule has 2 aromatic rings. The van der Waals surface area contributed by atoms with Gasteiger partial charge in [0, 0.05) is 11.6 Å². The van der Waals surface area contributed by atoms with Crippen LogP contribution in [0, 0.1) is 30.9 Å². The molecule has 0 aliphatic carbocycles. The van der Waals surface area contributed by atoms with Gasteiger partial charge < -0.3 is 4.74 Å². The molecule has 0 radical (unpaired) electrons. The third kappa shape index (κ3) is 4.56. The van der Waals surface area contributed by atoms with Gasteiger partial charge in [0.25, 0.3) is 17.5 Å². The molecule has 0 saturated heterocycles. The molecule has 2 amide bonds. The van der Waals surface area contributed by atoms with Crippen LogP contribution in [-0.2, 0) is 4.79 Å². The van der Waals surface area contributed by atoms with Crippen LogP contribution < -0.4 is 15.6 Å². The molecular formula is C18H19N3O5. The van der Waals surface area contributed by atoms with Crippen LogP contribution in [0.4, 0.5) is 5.69 Å². The van der Waals surface area contributed by atoms with Crippen molar-refractivity contribution in [1.82, 2.24) is 10.9 Å². The molecule has 0 aliphatic heterocycles. The van der Waals surface area contributed by atoms with Crippen molar-refractivity contribution in [3.63, 3.8) is 0 Å². The van der Waals surface area contributed by atoms with E-state index in [1.165, 1.54) is 25.1 Å². The summed E-state index contributed by atoms with van der Waals surface area (Å²) in [6.45, 7) is 5.09. The van der Waals surface area contributed by atoms with Gasteiger partial charge in [-0.05, 0) is 50.1 Å². The molecule has 136 valence electrons. The first-order valence-corrected chi connectivity index (χ1v) is 7.83. The van der Waals surface area contributed by atoms with Crippen molar-refractivity contribution in [3.05, 3.63) is 68.8 Å². The van der Waals surface area contributed by atoms with Crippen molar-refractivity contribution in [3.8, 4) is 5.75 Å². The second-order valence-electron chi connectivity index (χ2n) is 5.74. The highest BCUT2D eigenvalue weighted by Crippen LogP contribution is 2.20. The predicted octanol–water partition coefficient (Wildman–Crippen LogP) is 2.36. The summed E-state index contributed by atoms with van der Waals surface area (Å²) in [6, 6.07) is 9.60. The second-order valence-corrected chi connectivity index (χ2v) is 5.74. The number of carbonyl (C=O) groups is 2. The topological polar surface area (TPSA) is 111 Å². The predicted molar refractivity (Wildman–Crippen MR) is 94.9 cm³/mol. The second kappa shape index (κ2) is 8.11. The molecule has 0 heterocycles. The SMILES string of the molecule is Cc1ccc(OCC(=O)NNC(=O)c2cccc([N+](=O)[O-])c2C)cc1C. The Balaban J connectivity index is 1.91. The van der Waals surface area contributed by atoms with Crippen LogP contribution in [-0.4, -0.2) is 23.3 Å². The highest BCUT2D eigenvalue weighted by atomic mass is 16.6. The van der Waals surface area contributed by atoms with Crippen LogP contribution in [0.15, 0.2) is 36.4 Å². The van der Waals surface area contributed by atoms with Crippen LogP contribution in [0.25, 0.3) is 0 Å². The third-order valence-corrected chi connectivity index (χ3v) is 3.91. The first kappa shape index (κ1) is 18.9. The molecule has 2 aromatic carbocycles. The fraction of sp³-hybridized carbons (Fsp3) is 0.222. The summed E-state index contributed by atoms with van der Waals surface area (Å²) >= 11 is 0. The molecule has 0 spiro atoms. The number of benzene rings is 2. The number of nitro benzene ring substituents is 1. The molecule has 0 unspecified atom stereocenters. The lowest BCUT2D eigenvalue weighted by Crippen LogP contribution is -2.44. The zero-order valence-electron chi connectivity index (χ0n) is 14.7. The molecule has 0 aliphatic rings. The highest BCUT2D eigenvalue weighted by Gasteiger charge is 2.18. The Morgan fingerprint density at radius 3 is 2.46 bits per heavy atom. The van der Waals surface area contributed by atoms with Gasteiger partial charge in [-0.15, -0.1) is 0 Å². The average Bonchev–Trinajstić information content (AvgIpc) is 2.60. The summed E-state index contributed by atoms with van der Waals surface area (Å²) in [5.74, 6) is -0.658. The van der Waals surface area contributed by atoms with Crippen molar-refractivity contribution in [2.75, 3.05) is 6.61 Å². The fourth-order valence-corrected chi connectivity index (χ4v) is 2.25. The van der Waals surface area contributed by atoms with E-state index in [0.717, 1.165) is 11.1 Å². The third-order valence-electron chi connectivity index (χ3n) is 3.91. The van der Waals surface area contributed by atoms with Gasteiger partial charge in [-0.25, -0.2) is 0 Å². The maximum absolute atomic E-state index is 12.1. The largest absolute Gasteiger partial charge is 0.484 e.